The molecule has 0 bridgehead atoms. The van der Waals surface area contributed by atoms with Crippen LogP contribution < -0.4 is 15.0 Å². The van der Waals surface area contributed by atoms with E-state index >= 15 is 0 Å². The van der Waals surface area contributed by atoms with Gasteiger partial charge in [-0.15, -0.1) is 0 Å². The van der Waals surface area contributed by atoms with Gasteiger partial charge in [0.1, 0.15) is 11.8 Å². The molecular formula is C24H28N4O4. The van der Waals surface area contributed by atoms with Gasteiger partial charge in [0.2, 0.25) is 11.8 Å². The highest BCUT2D eigenvalue weighted by Crippen LogP contribution is 2.21. The van der Waals surface area contributed by atoms with Gasteiger partial charge in [-0.1, -0.05) is 18.2 Å². The smallest absolute Gasteiger partial charge is 0.254 e. The Morgan fingerprint density at radius 1 is 0.969 bits per heavy atom. The van der Waals surface area contributed by atoms with Gasteiger partial charge in [-0.2, -0.15) is 0 Å². The van der Waals surface area contributed by atoms with Crippen LogP contribution in [0, 0.1) is 0 Å². The van der Waals surface area contributed by atoms with Crippen LogP contribution in [0.5, 0.6) is 5.75 Å². The van der Waals surface area contributed by atoms with Crippen molar-refractivity contribution in [1.82, 2.24) is 15.1 Å². The molecular weight excluding hydrogens is 408 g/mol. The Labute approximate surface area is 187 Å². The molecule has 2 saturated heterocycles. The third-order valence-corrected chi connectivity index (χ3v) is 6.05. The van der Waals surface area contributed by atoms with Crippen molar-refractivity contribution in [2.24, 2.45) is 0 Å². The van der Waals surface area contributed by atoms with Crippen LogP contribution in [0.4, 0.5) is 5.69 Å². The molecule has 2 aliphatic heterocycles. The summed E-state index contributed by atoms with van der Waals surface area (Å²) >= 11 is 0. The molecule has 8 heteroatoms. The van der Waals surface area contributed by atoms with Gasteiger partial charge in [0.25, 0.3) is 5.91 Å². The zero-order valence-electron chi connectivity index (χ0n) is 18.2. The van der Waals surface area contributed by atoms with E-state index in [-0.39, 0.29) is 24.1 Å². The molecule has 1 N–H and O–H groups in total. The van der Waals surface area contributed by atoms with Gasteiger partial charge in [0.05, 0.1) is 13.5 Å². The molecule has 0 unspecified atom stereocenters. The quantitative estimate of drug-likeness (QED) is 0.766. The van der Waals surface area contributed by atoms with E-state index in [1.54, 1.807) is 36.3 Å². The highest BCUT2D eigenvalue weighted by Gasteiger charge is 2.36. The highest BCUT2D eigenvalue weighted by atomic mass is 16.5. The molecule has 8 nitrogen and oxygen atoms in total. The van der Waals surface area contributed by atoms with Crippen LogP contribution in [0.2, 0.25) is 0 Å². The summed E-state index contributed by atoms with van der Waals surface area (Å²) in [5.41, 5.74) is 1.61. The fraction of sp³-hybridized carbons (Fsp3) is 0.375. The monoisotopic (exact) mass is 436 g/mol. The largest absolute Gasteiger partial charge is 0.497 e. The number of nitrogens with one attached hydrogen (secondary N) is 1. The van der Waals surface area contributed by atoms with Crippen molar-refractivity contribution in [3.8, 4) is 5.75 Å². The Balaban J connectivity index is 1.37. The van der Waals surface area contributed by atoms with Crippen molar-refractivity contribution in [1.29, 1.82) is 0 Å². The van der Waals surface area contributed by atoms with Gasteiger partial charge < -0.3 is 24.8 Å². The van der Waals surface area contributed by atoms with Crippen molar-refractivity contribution in [3.05, 3.63) is 60.2 Å². The van der Waals surface area contributed by atoms with Gasteiger partial charge in [-0.05, 0) is 36.4 Å². The van der Waals surface area contributed by atoms with Crippen LogP contribution >= 0.6 is 0 Å². The van der Waals surface area contributed by atoms with E-state index in [9.17, 15) is 14.4 Å². The number of rotatable bonds is 5. The number of anilines is 1. The second kappa shape index (κ2) is 9.72. The van der Waals surface area contributed by atoms with Crippen LogP contribution in [-0.4, -0.2) is 79.9 Å². The number of benzene rings is 2. The lowest BCUT2D eigenvalue weighted by atomic mass is 10.1. The first-order valence-corrected chi connectivity index (χ1v) is 10.9. The number of nitrogens with zero attached hydrogens (tertiary/aromatic N) is 3. The molecule has 32 heavy (non-hydrogen) atoms. The van der Waals surface area contributed by atoms with Crippen LogP contribution in [0.3, 0.4) is 0 Å². The second-order valence-corrected chi connectivity index (χ2v) is 7.94. The lowest BCUT2D eigenvalue weighted by molar-refractivity contribution is -0.138. The molecule has 0 radical (unpaired) electrons. The standard InChI is InChI=1S/C24H28N4O4/c1-32-20-9-7-19(8-10-20)26-13-15-27(16-14-26)22(29)17-21-23(30)25-11-12-28(21)24(31)18-5-3-2-4-6-18/h2-10,21H,11-17H2,1H3,(H,25,30)/t21-/m0/s1. The molecule has 2 aliphatic rings. The molecule has 0 aliphatic carbocycles. The zero-order chi connectivity index (χ0) is 22.5. The van der Waals surface area contributed by atoms with Crippen LogP contribution in [0.1, 0.15) is 16.8 Å². The first-order chi connectivity index (χ1) is 15.6. The average molecular weight is 437 g/mol. The minimum Gasteiger partial charge on any atom is -0.497 e. The van der Waals surface area contributed by atoms with Crippen molar-refractivity contribution in [2.45, 2.75) is 12.5 Å². The summed E-state index contributed by atoms with van der Waals surface area (Å²) in [5.74, 6) is 0.212. The Kier molecular flexibility index (Phi) is 6.58. The molecule has 2 fully saturated rings. The third-order valence-electron chi connectivity index (χ3n) is 6.05. The number of hydrogen-bond acceptors (Lipinski definition) is 5. The van der Waals surface area contributed by atoms with E-state index in [0.29, 0.717) is 44.8 Å². The molecule has 0 aromatic heterocycles. The lowest BCUT2D eigenvalue weighted by Crippen LogP contribution is -2.59. The van der Waals surface area contributed by atoms with Crippen molar-refractivity contribution < 1.29 is 19.1 Å². The summed E-state index contributed by atoms with van der Waals surface area (Å²) in [4.78, 5) is 44.1. The Morgan fingerprint density at radius 2 is 1.66 bits per heavy atom. The molecule has 3 amide bonds. The number of ether oxygens (including phenoxy) is 1. The number of piperazine rings is 2. The minimum atomic E-state index is -0.788. The summed E-state index contributed by atoms with van der Waals surface area (Å²) in [5, 5.41) is 2.79. The Hall–Kier alpha value is -3.55. The first kappa shape index (κ1) is 21.7. The normalized spacial score (nSPS) is 18.8. The fourth-order valence-corrected chi connectivity index (χ4v) is 4.21. The number of amides is 3. The predicted octanol–water partition coefficient (Wildman–Crippen LogP) is 1.37. The highest BCUT2D eigenvalue weighted by molar-refractivity contribution is 5.99. The van der Waals surface area contributed by atoms with Gasteiger partial charge in [0, 0.05) is 50.5 Å². The topological polar surface area (TPSA) is 82.2 Å². The predicted molar refractivity (Wildman–Crippen MR) is 121 cm³/mol. The Morgan fingerprint density at radius 3 is 2.31 bits per heavy atom. The summed E-state index contributed by atoms with van der Waals surface area (Å²) in [7, 11) is 1.64. The lowest BCUT2D eigenvalue weighted by Gasteiger charge is -2.39. The van der Waals surface area contributed by atoms with Crippen LogP contribution in [-0.2, 0) is 9.59 Å². The maximum Gasteiger partial charge on any atom is 0.254 e. The molecule has 2 aromatic rings. The van der Waals surface area contributed by atoms with Crippen molar-refractivity contribution in [3.63, 3.8) is 0 Å². The maximum atomic E-state index is 13.0. The summed E-state index contributed by atoms with van der Waals surface area (Å²) in [6.07, 6.45) is -0.00700. The molecule has 4 rings (SSSR count). The molecule has 0 spiro atoms. The van der Waals surface area contributed by atoms with E-state index < -0.39 is 6.04 Å². The van der Waals surface area contributed by atoms with E-state index in [0.717, 1.165) is 11.4 Å². The van der Waals surface area contributed by atoms with Gasteiger partial charge in [0.15, 0.2) is 0 Å². The van der Waals surface area contributed by atoms with Gasteiger partial charge in [-0.25, -0.2) is 0 Å². The summed E-state index contributed by atoms with van der Waals surface area (Å²) < 4.78 is 5.21. The SMILES string of the molecule is COc1ccc(N2CCN(C(=O)C[C@H]3C(=O)NCCN3C(=O)c3ccccc3)CC2)cc1. The number of carbonyl (C=O) groups is 3. The summed E-state index contributed by atoms with van der Waals surface area (Å²) in [6.45, 7) is 3.35. The summed E-state index contributed by atoms with van der Waals surface area (Å²) in [6, 6.07) is 16.0. The molecule has 0 saturated carbocycles. The van der Waals surface area contributed by atoms with E-state index in [1.165, 1.54) is 4.90 Å². The molecule has 168 valence electrons. The number of carbonyl (C=O) groups excluding carboxylic acids is 3. The molecule has 2 heterocycles. The van der Waals surface area contributed by atoms with Crippen molar-refractivity contribution >= 4 is 23.4 Å². The number of hydrogen-bond donors (Lipinski definition) is 1. The zero-order valence-corrected chi connectivity index (χ0v) is 18.2. The van der Waals surface area contributed by atoms with E-state index in [2.05, 4.69) is 10.2 Å². The third kappa shape index (κ3) is 4.69. The average Bonchev–Trinajstić information content (AvgIpc) is 2.85. The van der Waals surface area contributed by atoms with Crippen LogP contribution in [0.15, 0.2) is 54.6 Å². The molecule has 1 atom stereocenters. The fourth-order valence-electron chi connectivity index (χ4n) is 4.21. The first-order valence-electron chi connectivity index (χ1n) is 10.9. The Bertz CT molecular complexity index is 956. The van der Waals surface area contributed by atoms with Crippen molar-refractivity contribution in [2.75, 3.05) is 51.3 Å². The van der Waals surface area contributed by atoms with E-state index in [4.69, 9.17) is 4.74 Å². The van der Waals surface area contributed by atoms with E-state index in [1.807, 2.05) is 30.3 Å². The van der Waals surface area contributed by atoms with Gasteiger partial charge in [-0.3, -0.25) is 14.4 Å². The van der Waals surface area contributed by atoms with Gasteiger partial charge >= 0.3 is 0 Å². The second-order valence-electron chi connectivity index (χ2n) is 7.94. The van der Waals surface area contributed by atoms with Crippen LogP contribution in [0.25, 0.3) is 0 Å². The molecule has 2 aromatic carbocycles. The minimum absolute atomic E-state index is 0.00700. The maximum absolute atomic E-state index is 13.0. The number of methoxy groups -OCH3 is 1.